The lowest BCUT2D eigenvalue weighted by Crippen LogP contribution is -2.39. The van der Waals surface area contributed by atoms with E-state index in [4.69, 9.17) is 4.98 Å². The molecule has 0 spiro atoms. The molecule has 1 aromatic carbocycles. The Hall–Kier alpha value is -2.63. The molecule has 1 aliphatic heterocycles. The minimum absolute atomic E-state index is 0.0517. The van der Waals surface area contributed by atoms with Crippen molar-refractivity contribution in [3.8, 4) is 0 Å². The van der Waals surface area contributed by atoms with Gasteiger partial charge in [-0.2, -0.15) is 0 Å². The minimum Gasteiger partial charge on any atom is -0.351 e. The normalized spacial score (nSPS) is 20.7. The third kappa shape index (κ3) is 2.69. The maximum absolute atomic E-state index is 12.8. The molecule has 6 heteroatoms. The average Bonchev–Trinajstić information content (AvgIpc) is 3.41. The number of benzene rings is 1. The molecule has 1 saturated heterocycles. The fraction of sp³-hybridized carbons (Fsp3) is 0.450. The van der Waals surface area contributed by atoms with Crippen molar-refractivity contribution in [2.24, 2.45) is 0 Å². The molecule has 2 aromatic heterocycles. The molecule has 6 nitrogen and oxygen atoms in total. The second-order valence-electron chi connectivity index (χ2n) is 7.62. The summed E-state index contributed by atoms with van der Waals surface area (Å²) in [6.07, 6.45) is 7.92. The fourth-order valence-corrected chi connectivity index (χ4v) is 4.00. The summed E-state index contributed by atoms with van der Waals surface area (Å²) in [4.78, 5) is 27.7. The van der Waals surface area contributed by atoms with E-state index in [1.165, 1.54) is 5.56 Å². The predicted molar refractivity (Wildman–Crippen MR) is 102 cm³/mol. The van der Waals surface area contributed by atoms with Gasteiger partial charge in [-0.3, -0.25) is 4.79 Å². The Bertz CT molecular complexity index is 1020. The Kier molecular flexibility index (Phi) is 3.58. The monoisotopic (exact) mass is 349 g/mol. The van der Waals surface area contributed by atoms with Gasteiger partial charge in [0.05, 0.1) is 11.0 Å². The number of hydrogen-bond acceptors (Lipinski definition) is 4. The standard InChI is InChI=1S/C20H23N5O/c1-13-4-7-16-17(11-13)23-18(22-16)14-3-2-9-24(12-14)19-20(26)25(10-8-21-19)15-5-6-15/h4,7-8,10-11,14-15H,2-3,5-6,9,12H2,1H3,(H,22,23)/t14-/m1/s1. The summed E-state index contributed by atoms with van der Waals surface area (Å²) in [5.74, 6) is 1.91. The van der Waals surface area contributed by atoms with E-state index in [0.717, 1.165) is 55.6 Å². The maximum atomic E-state index is 12.8. The molecule has 1 atom stereocenters. The molecule has 1 saturated carbocycles. The van der Waals surface area contributed by atoms with Crippen molar-refractivity contribution in [2.75, 3.05) is 18.0 Å². The van der Waals surface area contributed by atoms with Gasteiger partial charge in [-0.15, -0.1) is 0 Å². The van der Waals surface area contributed by atoms with Crippen LogP contribution in [0.4, 0.5) is 5.82 Å². The van der Waals surface area contributed by atoms with Crippen LogP contribution in [0.1, 0.15) is 49.0 Å². The Morgan fingerprint density at radius 2 is 2.12 bits per heavy atom. The average molecular weight is 349 g/mol. The van der Waals surface area contributed by atoms with E-state index < -0.39 is 0 Å². The van der Waals surface area contributed by atoms with Crippen molar-refractivity contribution in [1.82, 2.24) is 19.5 Å². The number of aromatic amines is 1. The van der Waals surface area contributed by atoms with E-state index in [0.29, 0.717) is 17.8 Å². The molecule has 2 aliphatic rings. The molecular weight excluding hydrogens is 326 g/mol. The number of H-pyrrole nitrogens is 1. The molecule has 2 fully saturated rings. The topological polar surface area (TPSA) is 66.8 Å². The first-order chi connectivity index (χ1) is 12.7. The van der Waals surface area contributed by atoms with Gasteiger partial charge in [-0.05, 0) is 50.3 Å². The molecule has 0 unspecified atom stereocenters. The lowest BCUT2D eigenvalue weighted by Gasteiger charge is -2.32. The Morgan fingerprint density at radius 3 is 2.96 bits per heavy atom. The van der Waals surface area contributed by atoms with Crippen LogP contribution < -0.4 is 10.5 Å². The van der Waals surface area contributed by atoms with Crippen LogP contribution in [-0.2, 0) is 0 Å². The molecule has 5 rings (SSSR count). The Morgan fingerprint density at radius 1 is 1.23 bits per heavy atom. The summed E-state index contributed by atoms with van der Waals surface area (Å²) in [7, 11) is 0. The van der Waals surface area contributed by atoms with Crippen molar-refractivity contribution in [2.45, 2.75) is 44.6 Å². The number of imidazole rings is 1. The zero-order valence-electron chi connectivity index (χ0n) is 15.0. The second kappa shape index (κ2) is 5.97. The van der Waals surface area contributed by atoms with E-state index in [1.807, 2.05) is 10.8 Å². The third-order valence-corrected chi connectivity index (χ3v) is 5.55. The first-order valence-corrected chi connectivity index (χ1v) is 9.47. The number of nitrogens with one attached hydrogen (secondary N) is 1. The highest BCUT2D eigenvalue weighted by Gasteiger charge is 2.29. The zero-order chi connectivity index (χ0) is 17.7. The number of nitrogens with zero attached hydrogens (tertiary/aromatic N) is 4. The van der Waals surface area contributed by atoms with Crippen LogP contribution in [0, 0.1) is 6.92 Å². The summed E-state index contributed by atoms with van der Waals surface area (Å²) < 4.78 is 1.86. The van der Waals surface area contributed by atoms with Gasteiger partial charge in [-0.1, -0.05) is 6.07 Å². The molecule has 26 heavy (non-hydrogen) atoms. The van der Waals surface area contributed by atoms with Crippen LogP contribution in [0.3, 0.4) is 0 Å². The van der Waals surface area contributed by atoms with Gasteiger partial charge in [0.1, 0.15) is 5.82 Å². The number of fused-ring (bicyclic) bond motifs is 1. The summed E-state index contributed by atoms with van der Waals surface area (Å²) in [5, 5.41) is 0. The minimum atomic E-state index is 0.0517. The van der Waals surface area contributed by atoms with Gasteiger partial charge in [0.15, 0.2) is 5.82 Å². The molecule has 0 bridgehead atoms. The van der Waals surface area contributed by atoms with Crippen molar-refractivity contribution >= 4 is 16.9 Å². The van der Waals surface area contributed by atoms with Crippen LogP contribution >= 0.6 is 0 Å². The number of aromatic nitrogens is 4. The highest BCUT2D eigenvalue weighted by atomic mass is 16.1. The molecule has 1 N–H and O–H groups in total. The maximum Gasteiger partial charge on any atom is 0.293 e. The summed E-state index contributed by atoms with van der Waals surface area (Å²) >= 11 is 0. The lowest BCUT2D eigenvalue weighted by atomic mass is 9.97. The van der Waals surface area contributed by atoms with Gasteiger partial charge >= 0.3 is 0 Å². The van der Waals surface area contributed by atoms with E-state index in [1.54, 1.807) is 6.20 Å². The van der Waals surface area contributed by atoms with E-state index in [-0.39, 0.29) is 5.56 Å². The fourth-order valence-electron chi connectivity index (χ4n) is 4.00. The van der Waals surface area contributed by atoms with Gasteiger partial charge in [0.25, 0.3) is 5.56 Å². The molecule has 3 heterocycles. The molecule has 0 radical (unpaired) electrons. The van der Waals surface area contributed by atoms with Crippen molar-refractivity contribution < 1.29 is 0 Å². The first kappa shape index (κ1) is 15.6. The van der Waals surface area contributed by atoms with Crippen LogP contribution in [0.15, 0.2) is 35.4 Å². The molecule has 3 aromatic rings. The smallest absolute Gasteiger partial charge is 0.293 e. The number of aryl methyl sites for hydroxylation is 1. The van der Waals surface area contributed by atoms with Gasteiger partial charge in [0, 0.05) is 37.4 Å². The highest BCUT2D eigenvalue weighted by molar-refractivity contribution is 5.75. The SMILES string of the molecule is Cc1ccc2nc([C@@H]3CCCN(c4nccn(C5CC5)c4=O)C3)[nH]c2c1. The number of hydrogen-bond donors (Lipinski definition) is 1. The van der Waals surface area contributed by atoms with Crippen LogP contribution in [0.25, 0.3) is 11.0 Å². The molecule has 1 aliphatic carbocycles. The van der Waals surface area contributed by atoms with E-state index in [9.17, 15) is 4.79 Å². The van der Waals surface area contributed by atoms with Crippen molar-refractivity contribution in [1.29, 1.82) is 0 Å². The zero-order valence-corrected chi connectivity index (χ0v) is 15.0. The molecule has 0 amide bonds. The summed E-state index contributed by atoms with van der Waals surface area (Å²) in [5.41, 5.74) is 3.38. The van der Waals surface area contributed by atoms with Crippen molar-refractivity contribution in [3.63, 3.8) is 0 Å². The van der Waals surface area contributed by atoms with Crippen LogP contribution in [0.5, 0.6) is 0 Å². The molecular formula is C20H23N5O. The van der Waals surface area contributed by atoms with E-state index >= 15 is 0 Å². The quantitative estimate of drug-likeness (QED) is 0.789. The summed E-state index contributed by atoms with van der Waals surface area (Å²) in [6.45, 7) is 3.76. The van der Waals surface area contributed by atoms with Gasteiger partial charge < -0.3 is 14.5 Å². The Balaban J connectivity index is 1.44. The Labute approximate surface area is 151 Å². The predicted octanol–water partition coefficient (Wildman–Crippen LogP) is 3.15. The largest absolute Gasteiger partial charge is 0.351 e. The summed E-state index contributed by atoms with van der Waals surface area (Å²) in [6, 6.07) is 6.68. The van der Waals surface area contributed by atoms with E-state index in [2.05, 4.69) is 40.0 Å². The number of anilines is 1. The van der Waals surface area contributed by atoms with Crippen molar-refractivity contribution in [3.05, 3.63) is 52.3 Å². The van der Waals surface area contributed by atoms with Crippen LogP contribution in [0.2, 0.25) is 0 Å². The van der Waals surface area contributed by atoms with Gasteiger partial charge in [-0.25, -0.2) is 9.97 Å². The third-order valence-electron chi connectivity index (χ3n) is 5.55. The lowest BCUT2D eigenvalue weighted by molar-refractivity contribution is 0.489. The van der Waals surface area contributed by atoms with Crippen LogP contribution in [-0.4, -0.2) is 32.6 Å². The first-order valence-electron chi connectivity index (χ1n) is 9.47. The van der Waals surface area contributed by atoms with Gasteiger partial charge in [0.2, 0.25) is 0 Å². The molecule has 134 valence electrons. The number of piperidine rings is 1. The second-order valence-corrected chi connectivity index (χ2v) is 7.62. The number of rotatable bonds is 3. The highest BCUT2D eigenvalue weighted by Crippen LogP contribution is 2.34.